The lowest BCUT2D eigenvalue weighted by atomic mass is 10.2. The molecule has 0 aliphatic carbocycles. The van der Waals surface area contributed by atoms with Crippen LogP contribution in [0.15, 0.2) is 30.3 Å². The summed E-state index contributed by atoms with van der Waals surface area (Å²) >= 11 is 0. The summed E-state index contributed by atoms with van der Waals surface area (Å²) in [6.45, 7) is 6.35. The first kappa shape index (κ1) is 17.8. The minimum Gasteiger partial charge on any atom is -0.368 e. The lowest BCUT2D eigenvalue weighted by molar-refractivity contribution is -0.131. The van der Waals surface area contributed by atoms with Gasteiger partial charge < -0.3 is 20.0 Å². The van der Waals surface area contributed by atoms with E-state index < -0.39 is 0 Å². The van der Waals surface area contributed by atoms with Crippen LogP contribution in [0.5, 0.6) is 0 Å². The van der Waals surface area contributed by atoms with Crippen molar-refractivity contribution in [3.05, 3.63) is 30.3 Å². The number of benzene rings is 1. The van der Waals surface area contributed by atoms with Crippen molar-refractivity contribution in [1.82, 2.24) is 15.1 Å². The zero-order valence-electron chi connectivity index (χ0n) is 14.5. The van der Waals surface area contributed by atoms with Crippen LogP contribution in [0.1, 0.15) is 12.8 Å². The van der Waals surface area contributed by atoms with Crippen molar-refractivity contribution in [2.75, 3.05) is 64.8 Å². The quantitative estimate of drug-likeness (QED) is 0.733. The highest BCUT2D eigenvalue weighted by Crippen LogP contribution is 2.15. The first-order valence-corrected chi connectivity index (χ1v) is 8.60. The zero-order valence-corrected chi connectivity index (χ0v) is 14.5. The highest BCUT2D eigenvalue weighted by atomic mass is 16.2. The summed E-state index contributed by atoms with van der Waals surface area (Å²) in [5, 5.41) is 3.36. The molecule has 2 rings (SSSR count). The molecule has 1 aromatic carbocycles. The number of para-hydroxylation sites is 1. The smallest absolute Gasteiger partial charge is 0.223 e. The van der Waals surface area contributed by atoms with Crippen molar-refractivity contribution in [2.24, 2.45) is 0 Å². The first-order chi connectivity index (χ1) is 11.2. The van der Waals surface area contributed by atoms with E-state index in [0.29, 0.717) is 6.42 Å². The van der Waals surface area contributed by atoms with Gasteiger partial charge in [0, 0.05) is 44.8 Å². The summed E-state index contributed by atoms with van der Waals surface area (Å²) in [7, 11) is 4.16. The van der Waals surface area contributed by atoms with Crippen molar-refractivity contribution in [3.63, 3.8) is 0 Å². The van der Waals surface area contributed by atoms with Crippen LogP contribution in [0.4, 0.5) is 5.69 Å². The molecule has 1 aliphatic heterocycles. The van der Waals surface area contributed by atoms with Crippen molar-refractivity contribution >= 4 is 11.6 Å². The normalized spacial score (nSPS) is 15.3. The SMILES string of the molecule is CN(C)CCCNCCC(=O)N1CCN(c2ccccc2)CC1. The van der Waals surface area contributed by atoms with E-state index in [1.165, 1.54) is 5.69 Å². The maximum atomic E-state index is 12.2. The molecular weight excluding hydrogens is 288 g/mol. The van der Waals surface area contributed by atoms with E-state index >= 15 is 0 Å². The Labute approximate surface area is 140 Å². The molecule has 0 saturated carbocycles. The average Bonchev–Trinajstić information content (AvgIpc) is 2.58. The second kappa shape index (κ2) is 9.53. The maximum Gasteiger partial charge on any atom is 0.223 e. The number of anilines is 1. The third-order valence-electron chi connectivity index (χ3n) is 4.23. The molecule has 0 unspecified atom stereocenters. The standard InChI is InChI=1S/C18H30N4O/c1-20(2)12-6-10-19-11-9-18(23)22-15-13-21(14-16-22)17-7-4-3-5-8-17/h3-5,7-8,19H,6,9-16H2,1-2H3. The second-order valence-electron chi connectivity index (χ2n) is 6.36. The van der Waals surface area contributed by atoms with Gasteiger partial charge in [0.05, 0.1) is 0 Å². The van der Waals surface area contributed by atoms with E-state index in [1.54, 1.807) is 0 Å². The molecule has 0 spiro atoms. The number of nitrogens with zero attached hydrogens (tertiary/aromatic N) is 3. The molecule has 1 aromatic rings. The molecule has 0 bridgehead atoms. The van der Waals surface area contributed by atoms with E-state index in [4.69, 9.17) is 0 Å². The average molecular weight is 318 g/mol. The molecule has 1 heterocycles. The Morgan fingerprint density at radius 3 is 2.43 bits per heavy atom. The van der Waals surface area contributed by atoms with Crippen molar-refractivity contribution < 1.29 is 4.79 Å². The topological polar surface area (TPSA) is 38.8 Å². The van der Waals surface area contributed by atoms with Gasteiger partial charge in [-0.25, -0.2) is 0 Å². The minimum atomic E-state index is 0.276. The highest BCUT2D eigenvalue weighted by Gasteiger charge is 2.20. The fourth-order valence-corrected chi connectivity index (χ4v) is 2.85. The number of hydrogen-bond donors (Lipinski definition) is 1. The summed E-state index contributed by atoms with van der Waals surface area (Å²) in [6, 6.07) is 10.4. The Bertz CT molecular complexity index is 455. The largest absolute Gasteiger partial charge is 0.368 e. The predicted molar refractivity (Wildman–Crippen MR) is 95.9 cm³/mol. The fraction of sp³-hybridized carbons (Fsp3) is 0.611. The van der Waals surface area contributed by atoms with E-state index in [-0.39, 0.29) is 5.91 Å². The van der Waals surface area contributed by atoms with Crippen LogP contribution in [0.2, 0.25) is 0 Å². The predicted octanol–water partition coefficient (Wildman–Crippen LogP) is 1.27. The molecule has 128 valence electrons. The van der Waals surface area contributed by atoms with Crippen LogP contribution < -0.4 is 10.2 Å². The summed E-state index contributed by atoms with van der Waals surface area (Å²) in [5.41, 5.74) is 1.25. The molecule has 0 atom stereocenters. The lowest BCUT2D eigenvalue weighted by Gasteiger charge is -2.36. The van der Waals surface area contributed by atoms with Crippen molar-refractivity contribution in [1.29, 1.82) is 0 Å². The van der Waals surface area contributed by atoms with Gasteiger partial charge in [-0.05, 0) is 45.7 Å². The van der Waals surface area contributed by atoms with Crippen molar-refractivity contribution in [3.8, 4) is 0 Å². The van der Waals surface area contributed by atoms with Gasteiger partial charge >= 0.3 is 0 Å². The maximum absolute atomic E-state index is 12.2. The van der Waals surface area contributed by atoms with Gasteiger partial charge in [0.15, 0.2) is 0 Å². The molecule has 23 heavy (non-hydrogen) atoms. The summed E-state index contributed by atoms with van der Waals surface area (Å²) in [4.78, 5) is 18.8. The number of carbonyl (C=O) groups is 1. The molecule has 1 saturated heterocycles. The summed E-state index contributed by atoms with van der Waals surface area (Å²) < 4.78 is 0. The van der Waals surface area contributed by atoms with E-state index in [1.807, 2.05) is 11.0 Å². The molecule has 1 aliphatic rings. The third-order valence-corrected chi connectivity index (χ3v) is 4.23. The molecule has 1 amide bonds. The lowest BCUT2D eigenvalue weighted by Crippen LogP contribution is -2.49. The number of nitrogens with one attached hydrogen (secondary N) is 1. The van der Waals surface area contributed by atoms with Gasteiger partial charge in [-0.15, -0.1) is 0 Å². The number of carbonyl (C=O) groups excluding carboxylic acids is 1. The van der Waals surface area contributed by atoms with E-state index in [2.05, 4.69) is 53.5 Å². The highest BCUT2D eigenvalue weighted by molar-refractivity contribution is 5.76. The van der Waals surface area contributed by atoms with Gasteiger partial charge in [-0.1, -0.05) is 18.2 Å². The molecule has 0 radical (unpaired) electrons. The Balaban J connectivity index is 1.60. The Morgan fingerprint density at radius 1 is 1.09 bits per heavy atom. The zero-order chi connectivity index (χ0) is 16.5. The monoisotopic (exact) mass is 318 g/mol. The Kier molecular flexibility index (Phi) is 7.36. The third kappa shape index (κ3) is 6.20. The van der Waals surface area contributed by atoms with Gasteiger partial charge in [-0.2, -0.15) is 0 Å². The van der Waals surface area contributed by atoms with Gasteiger partial charge in [0.2, 0.25) is 5.91 Å². The molecule has 1 N–H and O–H groups in total. The van der Waals surface area contributed by atoms with Gasteiger partial charge in [-0.3, -0.25) is 4.79 Å². The van der Waals surface area contributed by atoms with Crippen LogP contribution >= 0.6 is 0 Å². The second-order valence-corrected chi connectivity index (χ2v) is 6.36. The number of amides is 1. The van der Waals surface area contributed by atoms with Gasteiger partial charge in [0.1, 0.15) is 0 Å². The fourth-order valence-electron chi connectivity index (χ4n) is 2.85. The van der Waals surface area contributed by atoms with E-state index in [9.17, 15) is 4.79 Å². The Hall–Kier alpha value is -1.59. The van der Waals surface area contributed by atoms with Gasteiger partial charge in [0.25, 0.3) is 0 Å². The number of rotatable bonds is 8. The molecule has 1 fully saturated rings. The Morgan fingerprint density at radius 2 is 1.78 bits per heavy atom. The molecule has 0 aromatic heterocycles. The van der Waals surface area contributed by atoms with Crippen LogP contribution in [-0.2, 0) is 4.79 Å². The number of piperazine rings is 1. The molecule has 5 nitrogen and oxygen atoms in total. The van der Waals surface area contributed by atoms with Crippen LogP contribution in [-0.4, -0.2) is 75.6 Å². The minimum absolute atomic E-state index is 0.276. The van der Waals surface area contributed by atoms with Crippen LogP contribution in [0, 0.1) is 0 Å². The first-order valence-electron chi connectivity index (χ1n) is 8.60. The summed E-state index contributed by atoms with van der Waals surface area (Å²) in [5.74, 6) is 0.276. The van der Waals surface area contributed by atoms with Crippen LogP contribution in [0.3, 0.4) is 0 Å². The summed E-state index contributed by atoms with van der Waals surface area (Å²) in [6.07, 6.45) is 1.73. The van der Waals surface area contributed by atoms with Crippen LogP contribution in [0.25, 0.3) is 0 Å². The molecular formula is C18H30N4O. The van der Waals surface area contributed by atoms with E-state index in [0.717, 1.165) is 52.2 Å². The molecule has 5 heteroatoms. The number of hydrogen-bond acceptors (Lipinski definition) is 4. The van der Waals surface area contributed by atoms with Crippen molar-refractivity contribution in [2.45, 2.75) is 12.8 Å².